The van der Waals surface area contributed by atoms with Crippen LogP contribution in [-0.2, 0) is 16.5 Å². The Hall–Kier alpha value is 0.288. The second-order valence-electron chi connectivity index (χ2n) is 2.51. The fourth-order valence-corrected chi connectivity index (χ4v) is 2.85. The van der Waals surface area contributed by atoms with Gasteiger partial charge in [-0.25, -0.2) is 4.98 Å². The third-order valence-electron chi connectivity index (χ3n) is 1.33. The van der Waals surface area contributed by atoms with Crippen molar-refractivity contribution in [3.05, 3.63) is 40.5 Å². The number of halogens is 4. The van der Waals surface area contributed by atoms with Crippen molar-refractivity contribution in [3.63, 3.8) is 0 Å². The van der Waals surface area contributed by atoms with E-state index in [1.165, 1.54) is 12.4 Å². The molecule has 0 fully saturated rings. The van der Waals surface area contributed by atoms with E-state index in [-0.39, 0.29) is 10.0 Å². The van der Waals surface area contributed by atoms with Gasteiger partial charge in [-0.1, -0.05) is 0 Å². The van der Waals surface area contributed by atoms with Gasteiger partial charge in [0.05, 0.1) is 9.85 Å². The second-order valence-corrected chi connectivity index (χ2v) is 10.4. The second kappa shape index (κ2) is 11.8. The first kappa shape index (κ1) is 21.3. The number of nitrogens with zero attached hydrogens (tertiary/aromatic N) is 3. The van der Waals surface area contributed by atoms with Gasteiger partial charge in [0, 0.05) is 27.3 Å². The first-order chi connectivity index (χ1) is 9.81. The maximum absolute atomic E-state index is 9.99. The molecule has 0 unspecified atom stereocenters. The molecule has 2 rings (SSSR count). The van der Waals surface area contributed by atoms with Gasteiger partial charge in [-0.15, -0.1) is 0 Å². The molecule has 1 N–H and O–H groups in total. The van der Waals surface area contributed by atoms with Gasteiger partial charge in [-0.3, -0.25) is 20.2 Å². The third kappa shape index (κ3) is 9.82. The molecular weight excluding hydrogens is 682 g/mol. The molecule has 2 heterocycles. The fourth-order valence-electron chi connectivity index (χ4n) is 0.689. The third-order valence-corrected chi connectivity index (χ3v) is 4.24. The van der Waals surface area contributed by atoms with Gasteiger partial charge in [0.15, 0.2) is 3.92 Å². The summed E-state index contributed by atoms with van der Waals surface area (Å²) < 4.78 is 1.20. The van der Waals surface area contributed by atoms with Crippen molar-refractivity contribution in [3.8, 4) is 0 Å². The molecule has 0 atom stereocenters. The average Bonchev–Trinajstić information content (AvgIpc) is 3.00. The molecule has 15 heteroatoms. The molecule has 0 bridgehead atoms. The van der Waals surface area contributed by atoms with E-state index >= 15 is 0 Å². The first-order valence-electron chi connectivity index (χ1n) is 4.21. The van der Waals surface area contributed by atoms with Crippen molar-refractivity contribution in [1.82, 2.24) is 4.98 Å². The average molecular weight is 685 g/mol. The van der Waals surface area contributed by atoms with Gasteiger partial charge in [0.1, 0.15) is 6.20 Å². The summed E-state index contributed by atoms with van der Waals surface area (Å²) in [5.74, 6) is 0. The molecular formula is C6H3Br2Cl2N4O4PtS2+. The van der Waals surface area contributed by atoms with E-state index in [1.807, 2.05) is 0 Å². The quantitative estimate of drug-likeness (QED) is 0.344. The summed E-state index contributed by atoms with van der Waals surface area (Å²) in [7, 11) is 9.75. The van der Waals surface area contributed by atoms with Crippen LogP contribution in [0.1, 0.15) is 0 Å². The molecule has 21 heavy (non-hydrogen) atoms. The van der Waals surface area contributed by atoms with Crippen molar-refractivity contribution in [2.75, 3.05) is 0 Å². The number of aromatic nitrogens is 2. The SMILES string of the molecule is O=[N+]([O-])c1c[nH+]c(Br)s1.O=[N+]([O-])c1cnc(Br)s1.[Cl][Pt][Cl]. The zero-order valence-electron chi connectivity index (χ0n) is 9.27. The van der Waals surface area contributed by atoms with Gasteiger partial charge in [0.2, 0.25) is 0 Å². The van der Waals surface area contributed by atoms with Crippen LogP contribution in [0, 0.1) is 20.2 Å². The number of H-pyrrole nitrogens is 1. The van der Waals surface area contributed by atoms with Crippen LogP contribution in [-0.4, -0.2) is 14.8 Å². The number of nitrogens with one attached hydrogen (secondary N) is 1. The number of thiazole rings is 2. The maximum atomic E-state index is 9.99. The van der Waals surface area contributed by atoms with E-state index < -0.39 is 26.3 Å². The first-order valence-corrected chi connectivity index (χ1v) is 13.1. The molecule has 0 amide bonds. The summed E-state index contributed by atoms with van der Waals surface area (Å²) in [5, 5.41) is 20.1. The van der Waals surface area contributed by atoms with E-state index in [0.29, 0.717) is 7.83 Å². The molecule has 8 nitrogen and oxygen atoms in total. The predicted octanol–water partition coefficient (Wildman–Crippen LogP) is 4.42. The standard InChI is InChI=1S/2C3HBrN2O2S.2ClH.Pt/c2*4-3-5-1-2(9-3)6(7)8;;;/h2*1H;2*1H;/q;;;;+2/p-1. The number of hydrogen-bond donors (Lipinski definition) is 0. The van der Waals surface area contributed by atoms with Crippen LogP contribution in [0.3, 0.4) is 0 Å². The van der Waals surface area contributed by atoms with Crippen molar-refractivity contribution < 1.29 is 31.3 Å². The van der Waals surface area contributed by atoms with Crippen LogP contribution in [0.2, 0.25) is 0 Å². The van der Waals surface area contributed by atoms with Crippen molar-refractivity contribution in [1.29, 1.82) is 0 Å². The van der Waals surface area contributed by atoms with Gasteiger partial charge in [0.25, 0.3) is 6.20 Å². The van der Waals surface area contributed by atoms with Gasteiger partial charge < -0.3 is 0 Å². The number of rotatable bonds is 2. The fraction of sp³-hybridized carbons (Fsp3) is 0. The number of hydrogen-bond acceptors (Lipinski definition) is 7. The zero-order valence-corrected chi connectivity index (χ0v) is 17.9. The summed E-state index contributed by atoms with van der Waals surface area (Å²) in [4.78, 5) is 25.3. The molecule has 0 aliphatic rings. The Balaban J connectivity index is 0.000000322. The van der Waals surface area contributed by atoms with Crippen molar-refractivity contribution in [2.24, 2.45) is 0 Å². The number of nitro groups is 2. The molecule has 0 saturated carbocycles. The van der Waals surface area contributed by atoms with Gasteiger partial charge in [-0.05, 0) is 27.3 Å². The Kier molecular flexibility index (Phi) is 12.0. The topological polar surface area (TPSA) is 113 Å². The molecule has 0 saturated heterocycles. The Morgan fingerprint density at radius 3 is 1.90 bits per heavy atom. The van der Waals surface area contributed by atoms with E-state index in [2.05, 4.69) is 41.8 Å². The van der Waals surface area contributed by atoms with Crippen LogP contribution in [0.15, 0.2) is 20.2 Å². The number of aromatic amines is 1. The summed E-state index contributed by atoms with van der Waals surface area (Å²) in [6.45, 7) is 0. The van der Waals surface area contributed by atoms with E-state index in [4.69, 9.17) is 18.8 Å². The Bertz CT molecular complexity index is 551. The van der Waals surface area contributed by atoms with Crippen LogP contribution >= 0.6 is 73.4 Å². The van der Waals surface area contributed by atoms with Crippen LogP contribution in [0.4, 0.5) is 10.0 Å². The summed E-state index contributed by atoms with van der Waals surface area (Å²) in [6, 6.07) is 0. The van der Waals surface area contributed by atoms with Gasteiger partial charge in [-0.2, -0.15) is 4.98 Å². The molecule has 2 aromatic heterocycles. The molecule has 0 aliphatic carbocycles. The summed E-state index contributed by atoms with van der Waals surface area (Å²) in [5.41, 5.74) is 0. The normalized spacial score (nSPS) is 9.14. The zero-order chi connectivity index (χ0) is 16.4. The minimum absolute atomic E-state index is 0.0573. The monoisotopic (exact) mass is 682 g/mol. The van der Waals surface area contributed by atoms with Crippen LogP contribution in [0.5, 0.6) is 0 Å². The van der Waals surface area contributed by atoms with Crippen LogP contribution in [0.25, 0.3) is 0 Å². The molecule has 0 spiro atoms. The van der Waals surface area contributed by atoms with E-state index in [0.717, 1.165) is 22.7 Å². The molecule has 120 valence electrons. The van der Waals surface area contributed by atoms with Crippen LogP contribution < -0.4 is 4.98 Å². The molecule has 0 aliphatic heterocycles. The van der Waals surface area contributed by atoms with Crippen molar-refractivity contribution in [2.45, 2.75) is 0 Å². The Labute approximate surface area is 158 Å². The Morgan fingerprint density at radius 1 is 1.19 bits per heavy atom. The molecule has 2 aromatic rings. The van der Waals surface area contributed by atoms with E-state index in [1.54, 1.807) is 0 Å². The molecule has 0 aromatic carbocycles. The predicted molar refractivity (Wildman–Crippen MR) is 83.4 cm³/mol. The molecule has 0 radical (unpaired) electrons. The van der Waals surface area contributed by atoms with Gasteiger partial charge >= 0.3 is 49.2 Å². The minimum atomic E-state index is -0.472. The van der Waals surface area contributed by atoms with Crippen molar-refractivity contribution >= 4 is 83.4 Å². The van der Waals surface area contributed by atoms with E-state index in [9.17, 15) is 20.2 Å². The Morgan fingerprint density at radius 2 is 1.71 bits per heavy atom. The summed E-state index contributed by atoms with van der Waals surface area (Å²) >= 11 is 7.65. The summed E-state index contributed by atoms with van der Waals surface area (Å²) in [6.07, 6.45) is 2.56.